The summed E-state index contributed by atoms with van der Waals surface area (Å²) in [4.78, 5) is 10.2. The quantitative estimate of drug-likeness (QED) is 0.635. The lowest BCUT2D eigenvalue weighted by molar-refractivity contribution is -0.384. The van der Waals surface area contributed by atoms with Gasteiger partial charge in [-0.05, 0) is 18.9 Å². The predicted molar refractivity (Wildman–Crippen MR) is 64.5 cm³/mol. The van der Waals surface area contributed by atoms with Gasteiger partial charge in [0.25, 0.3) is 5.69 Å². The number of benzene rings is 1. The van der Waals surface area contributed by atoms with Gasteiger partial charge in [-0.15, -0.1) is 0 Å². The molecule has 0 N–H and O–H groups in total. The van der Waals surface area contributed by atoms with Crippen LogP contribution in [0.1, 0.15) is 12.8 Å². The molecule has 1 saturated carbocycles. The molecule has 1 heterocycles. The first-order valence-electron chi connectivity index (χ1n) is 5.47. The molecule has 0 bridgehead atoms. The zero-order chi connectivity index (χ0) is 12.9. The molecule has 2 aromatic rings. The average Bonchev–Trinajstić information content (AvgIpc) is 2.90. The van der Waals surface area contributed by atoms with E-state index in [-0.39, 0.29) is 17.3 Å². The monoisotopic (exact) mass is 269 g/mol. The van der Waals surface area contributed by atoms with Gasteiger partial charge in [0.1, 0.15) is 10.7 Å². The largest absolute Gasteiger partial charge is 0.288 e. The van der Waals surface area contributed by atoms with Crippen molar-refractivity contribution in [3.05, 3.63) is 33.5 Å². The fourth-order valence-electron chi connectivity index (χ4n) is 1.92. The molecule has 7 heteroatoms. The zero-order valence-electron chi connectivity index (χ0n) is 9.27. The number of hydrogen-bond acceptors (Lipinski definition) is 3. The van der Waals surface area contributed by atoms with Crippen LogP contribution in [-0.2, 0) is 6.54 Å². The lowest BCUT2D eigenvalue weighted by Crippen LogP contribution is -2.13. The van der Waals surface area contributed by atoms with Crippen molar-refractivity contribution >= 4 is 28.2 Å². The van der Waals surface area contributed by atoms with E-state index >= 15 is 0 Å². The minimum absolute atomic E-state index is 0.0398. The van der Waals surface area contributed by atoms with Crippen LogP contribution in [0.25, 0.3) is 10.9 Å². The van der Waals surface area contributed by atoms with Crippen molar-refractivity contribution in [1.82, 2.24) is 9.78 Å². The Bertz CT molecular complexity index is 651. The summed E-state index contributed by atoms with van der Waals surface area (Å²) in [6.07, 6.45) is 2.56. The fraction of sp³-hybridized carbons (Fsp3) is 0.364. The standard InChI is InChI=1S/C11H9ClFN3O2/c12-8-4-9-7(3-10(8)16(17)18)5-14-15(9)6-11(13)1-2-11/h3-5H,1-2,6H2. The molecule has 0 spiro atoms. The summed E-state index contributed by atoms with van der Waals surface area (Å²) in [6, 6.07) is 2.83. The van der Waals surface area contributed by atoms with Gasteiger partial charge in [-0.2, -0.15) is 5.10 Å². The maximum Gasteiger partial charge on any atom is 0.288 e. The summed E-state index contributed by atoms with van der Waals surface area (Å²) < 4.78 is 15.2. The highest BCUT2D eigenvalue weighted by atomic mass is 35.5. The molecule has 3 rings (SSSR count). The molecule has 0 radical (unpaired) electrons. The van der Waals surface area contributed by atoms with Crippen molar-refractivity contribution < 1.29 is 9.31 Å². The second kappa shape index (κ2) is 3.65. The van der Waals surface area contributed by atoms with E-state index in [0.717, 1.165) is 0 Å². The van der Waals surface area contributed by atoms with Gasteiger partial charge in [-0.25, -0.2) is 4.39 Å². The molecule has 1 aliphatic rings. The molecule has 94 valence electrons. The zero-order valence-corrected chi connectivity index (χ0v) is 10.0. The van der Waals surface area contributed by atoms with E-state index in [9.17, 15) is 14.5 Å². The normalized spacial score (nSPS) is 17.0. The third kappa shape index (κ3) is 1.82. The van der Waals surface area contributed by atoms with Gasteiger partial charge in [0.15, 0.2) is 0 Å². The van der Waals surface area contributed by atoms with E-state index < -0.39 is 10.6 Å². The van der Waals surface area contributed by atoms with E-state index in [0.29, 0.717) is 23.7 Å². The van der Waals surface area contributed by atoms with Crippen LogP contribution >= 0.6 is 11.6 Å². The van der Waals surface area contributed by atoms with Crippen molar-refractivity contribution in [2.45, 2.75) is 25.1 Å². The highest BCUT2D eigenvalue weighted by molar-refractivity contribution is 6.33. The molecule has 0 unspecified atom stereocenters. The van der Waals surface area contributed by atoms with Crippen molar-refractivity contribution in [3.8, 4) is 0 Å². The number of alkyl halides is 1. The Labute approximate surface area is 106 Å². The molecule has 5 nitrogen and oxygen atoms in total. The molecule has 0 amide bonds. The summed E-state index contributed by atoms with van der Waals surface area (Å²) in [5, 5.41) is 15.4. The first-order chi connectivity index (χ1) is 8.48. The SMILES string of the molecule is O=[N+]([O-])c1cc2cnn(CC3(F)CC3)c2cc1Cl. The van der Waals surface area contributed by atoms with Crippen LogP contribution in [0.3, 0.4) is 0 Å². The van der Waals surface area contributed by atoms with Crippen molar-refractivity contribution in [3.63, 3.8) is 0 Å². The van der Waals surface area contributed by atoms with Crippen molar-refractivity contribution in [2.24, 2.45) is 0 Å². The van der Waals surface area contributed by atoms with Crippen LogP contribution in [0.15, 0.2) is 18.3 Å². The summed E-state index contributed by atoms with van der Waals surface area (Å²) in [5.41, 5.74) is -0.715. The first kappa shape index (κ1) is 11.4. The van der Waals surface area contributed by atoms with Gasteiger partial charge >= 0.3 is 0 Å². The third-order valence-corrected chi connectivity index (χ3v) is 3.44. The Morgan fingerprint density at radius 2 is 2.28 bits per heavy atom. The van der Waals surface area contributed by atoms with E-state index in [4.69, 9.17) is 11.6 Å². The molecule has 0 atom stereocenters. The number of rotatable bonds is 3. The van der Waals surface area contributed by atoms with E-state index in [1.807, 2.05) is 0 Å². The summed E-state index contributed by atoms with van der Waals surface area (Å²) >= 11 is 5.84. The number of fused-ring (bicyclic) bond motifs is 1. The maximum atomic E-state index is 13.7. The average molecular weight is 270 g/mol. The lowest BCUT2D eigenvalue weighted by Gasteiger charge is -2.06. The molecule has 18 heavy (non-hydrogen) atoms. The van der Waals surface area contributed by atoms with Crippen LogP contribution < -0.4 is 0 Å². The van der Waals surface area contributed by atoms with Crippen molar-refractivity contribution in [2.75, 3.05) is 0 Å². The number of hydrogen-bond donors (Lipinski definition) is 0. The summed E-state index contributed by atoms with van der Waals surface area (Å²) in [5.74, 6) is 0. The van der Waals surface area contributed by atoms with Gasteiger partial charge in [-0.1, -0.05) is 11.6 Å². The minimum atomic E-state index is -1.17. The van der Waals surface area contributed by atoms with E-state index in [1.165, 1.54) is 23.0 Å². The number of nitro groups is 1. The number of nitrogens with zero attached hydrogens (tertiary/aromatic N) is 3. The van der Waals surface area contributed by atoms with Gasteiger partial charge in [0.2, 0.25) is 0 Å². The minimum Gasteiger partial charge on any atom is -0.262 e. The topological polar surface area (TPSA) is 61.0 Å². The highest BCUT2D eigenvalue weighted by Gasteiger charge is 2.44. The highest BCUT2D eigenvalue weighted by Crippen LogP contribution is 2.42. The van der Waals surface area contributed by atoms with Crippen LogP contribution in [-0.4, -0.2) is 20.4 Å². The van der Waals surface area contributed by atoms with Crippen molar-refractivity contribution in [1.29, 1.82) is 0 Å². The molecule has 1 aliphatic carbocycles. The third-order valence-electron chi connectivity index (χ3n) is 3.13. The first-order valence-corrected chi connectivity index (χ1v) is 5.85. The molecule has 0 aliphatic heterocycles. The number of halogens is 2. The molecular weight excluding hydrogens is 261 g/mol. The second-order valence-electron chi connectivity index (χ2n) is 4.57. The van der Waals surface area contributed by atoms with Gasteiger partial charge in [-0.3, -0.25) is 14.8 Å². The Morgan fingerprint density at radius 3 is 2.89 bits per heavy atom. The van der Waals surface area contributed by atoms with Crippen LogP contribution in [0.4, 0.5) is 10.1 Å². The Morgan fingerprint density at radius 1 is 1.56 bits per heavy atom. The number of aromatic nitrogens is 2. The van der Waals surface area contributed by atoms with Gasteiger partial charge < -0.3 is 0 Å². The maximum absolute atomic E-state index is 13.7. The van der Waals surface area contributed by atoms with Crippen LogP contribution in [0.5, 0.6) is 0 Å². The van der Waals surface area contributed by atoms with Gasteiger partial charge in [0.05, 0.1) is 23.2 Å². The smallest absolute Gasteiger partial charge is 0.262 e. The van der Waals surface area contributed by atoms with E-state index in [1.54, 1.807) is 0 Å². The summed E-state index contributed by atoms with van der Waals surface area (Å²) in [6.45, 7) is 0.171. The molecule has 0 saturated heterocycles. The summed E-state index contributed by atoms with van der Waals surface area (Å²) in [7, 11) is 0. The predicted octanol–water partition coefficient (Wildman–Crippen LogP) is 3.10. The molecule has 1 aromatic carbocycles. The molecule has 1 fully saturated rings. The van der Waals surface area contributed by atoms with Crippen LogP contribution in [0.2, 0.25) is 5.02 Å². The Balaban J connectivity index is 2.08. The Kier molecular flexibility index (Phi) is 2.31. The van der Waals surface area contributed by atoms with Crippen LogP contribution in [0, 0.1) is 10.1 Å². The Hall–Kier alpha value is -1.69. The lowest BCUT2D eigenvalue weighted by atomic mass is 10.2. The molecule has 1 aromatic heterocycles. The number of nitro benzene ring substituents is 1. The van der Waals surface area contributed by atoms with Gasteiger partial charge in [0, 0.05) is 11.5 Å². The fourth-order valence-corrected chi connectivity index (χ4v) is 2.14. The van der Waals surface area contributed by atoms with E-state index in [2.05, 4.69) is 5.10 Å². The second-order valence-corrected chi connectivity index (χ2v) is 4.98. The molecular formula is C11H9ClFN3O2.